The molecule has 0 saturated carbocycles. The lowest BCUT2D eigenvalue weighted by molar-refractivity contribution is -0.153. The van der Waals surface area contributed by atoms with Gasteiger partial charge in [0.05, 0.1) is 27.8 Å². The number of nitriles is 1. The highest BCUT2D eigenvalue weighted by atomic mass is 35.5. The average molecular weight is 309 g/mol. The first kappa shape index (κ1) is 17.0. The van der Waals surface area contributed by atoms with Crippen LogP contribution in [0, 0.1) is 22.7 Å². The number of anilines is 1. The maximum Gasteiger partial charge on any atom is 0.310 e. The first-order valence-electron chi connectivity index (χ1n) is 6.43. The molecule has 21 heavy (non-hydrogen) atoms. The van der Waals surface area contributed by atoms with E-state index in [0.29, 0.717) is 11.3 Å². The van der Waals surface area contributed by atoms with Gasteiger partial charge in [0, 0.05) is 6.42 Å². The Morgan fingerprint density at radius 1 is 1.48 bits per heavy atom. The molecule has 0 radical (unpaired) electrons. The summed E-state index contributed by atoms with van der Waals surface area (Å²) in [6, 6.07) is 6.43. The molecule has 1 atom stereocenters. The molecule has 0 saturated heterocycles. The topological polar surface area (TPSA) is 90.2 Å². The summed E-state index contributed by atoms with van der Waals surface area (Å²) in [5.41, 5.74) is -0.406. The molecule has 0 bridgehead atoms. The number of aliphatic carboxylic acids is 1. The SMILES string of the molecule is CC(C)C(C)(CC(=O)Nc1ccc(C#N)cc1Cl)C(=O)O. The summed E-state index contributed by atoms with van der Waals surface area (Å²) in [5, 5.41) is 20.9. The Bertz CT molecular complexity index is 607. The van der Waals surface area contributed by atoms with Gasteiger partial charge in [-0.15, -0.1) is 0 Å². The van der Waals surface area contributed by atoms with E-state index in [1.165, 1.54) is 18.2 Å². The van der Waals surface area contributed by atoms with E-state index in [1.807, 2.05) is 6.07 Å². The molecule has 0 fully saturated rings. The molecule has 0 aliphatic rings. The quantitative estimate of drug-likeness (QED) is 0.873. The van der Waals surface area contributed by atoms with E-state index in [4.69, 9.17) is 16.9 Å². The Kier molecular flexibility index (Phi) is 5.34. The van der Waals surface area contributed by atoms with E-state index >= 15 is 0 Å². The van der Waals surface area contributed by atoms with Crippen molar-refractivity contribution in [2.75, 3.05) is 5.32 Å². The van der Waals surface area contributed by atoms with Crippen LogP contribution in [0.2, 0.25) is 5.02 Å². The molecule has 0 heterocycles. The van der Waals surface area contributed by atoms with Crippen molar-refractivity contribution in [3.63, 3.8) is 0 Å². The van der Waals surface area contributed by atoms with Crippen LogP contribution in [0.1, 0.15) is 32.8 Å². The van der Waals surface area contributed by atoms with Crippen LogP contribution in [0.15, 0.2) is 18.2 Å². The fourth-order valence-electron chi connectivity index (χ4n) is 1.74. The van der Waals surface area contributed by atoms with Crippen LogP contribution in [0.4, 0.5) is 5.69 Å². The summed E-state index contributed by atoms with van der Waals surface area (Å²) in [7, 11) is 0. The molecule has 2 N–H and O–H groups in total. The highest BCUT2D eigenvalue weighted by Gasteiger charge is 2.38. The highest BCUT2D eigenvalue weighted by Crippen LogP contribution is 2.32. The van der Waals surface area contributed by atoms with Crippen LogP contribution in [-0.2, 0) is 9.59 Å². The summed E-state index contributed by atoms with van der Waals surface area (Å²) >= 11 is 5.97. The molecule has 6 heteroatoms. The van der Waals surface area contributed by atoms with Crippen molar-refractivity contribution < 1.29 is 14.7 Å². The number of hydrogen-bond donors (Lipinski definition) is 2. The number of nitrogens with one attached hydrogen (secondary N) is 1. The zero-order chi connectivity index (χ0) is 16.2. The van der Waals surface area contributed by atoms with Gasteiger partial charge in [0.25, 0.3) is 0 Å². The number of halogens is 1. The lowest BCUT2D eigenvalue weighted by atomic mass is 9.76. The highest BCUT2D eigenvalue weighted by molar-refractivity contribution is 6.33. The number of carboxylic acid groups (broad SMARTS) is 1. The van der Waals surface area contributed by atoms with Gasteiger partial charge in [0.15, 0.2) is 0 Å². The summed E-state index contributed by atoms with van der Waals surface area (Å²) in [5.74, 6) is -1.64. The Labute approximate surface area is 128 Å². The standard InChI is InChI=1S/C15H17ClN2O3/c1-9(2)15(3,14(20)21)7-13(19)18-12-5-4-10(8-17)6-11(12)16/h4-6,9H,7H2,1-3H3,(H,18,19)(H,20,21). The first-order valence-corrected chi connectivity index (χ1v) is 6.81. The minimum absolute atomic E-state index is 0.156. The van der Waals surface area contributed by atoms with Crippen molar-refractivity contribution in [3.8, 4) is 6.07 Å². The number of benzene rings is 1. The van der Waals surface area contributed by atoms with Crippen molar-refractivity contribution in [1.29, 1.82) is 5.26 Å². The molecule has 0 aliphatic carbocycles. The molecule has 1 aromatic rings. The number of nitrogens with zero attached hydrogens (tertiary/aromatic N) is 1. The van der Waals surface area contributed by atoms with Crippen LogP contribution in [-0.4, -0.2) is 17.0 Å². The molecule has 5 nitrogen and oxygen atoms in total. The maximum atomic E-state index is 12.0. The summed E-state index contributed by atoms with van der Waals surface area (Å²) in [6.07, 6.45) is -0.156. The fourth-order valence-corrected chi connectivity index (χ4v) is 1.97. The van der Waals surface area contributed by atoms with E-state index in [2.05, 4.69) is 5.32 Å². The molecule has 1 amide bonds. The predicted octanol–water partition coefficient (Wildman–Crippen LogP) is 3.29. The van der Waals surface area contributed by atoms with Crippen LogP contribution in [0.5, 0.6) is 0 Å². The summed E-state index contributed by atoms with van der Waals surface area (Å²) in [4.78, 5) is 23.4. The second kappa shape index (κ2) is 6.59. The molecule has 1 aromatic carbocycles. The summed E-state index contributed by atoms with van der Waals surface area (Å²) in [6.45, 7) is 5.06. The largest absolute Gasteiger partial charge is 0.481 e. The van der Waals surface area contributed by atoms with Crippen molar-refractivity contribution in [2.45, 2.75) is 27.2 Å². The molecule has 1 unspecified atom stereocenters. The number of hydrogen-bond acceptors (Lipinski definition) is 3. The van der Waals surface area contributed by atoms with Crippen LogP contribution >= 0.6 is 11.6 Å². The van der Waals surface area contributed by atoms with E-state index in [-0.39, 0.29) is 17.4 Å². The molecule has 0 spiro atoms. The third kappa shape index (κ3) is 3.96. The van der Waals surface area contributed by atoms with Gasteiger partial charge in [-0.3, -0.25) is 9.59 Å². The molecule has 0 aromatic heterocycles. The number of amides is 1. The van der Waals surface area contributed by atoms with E-state index in [0.717, 1.165) is 0 Å². The van der Waals surface area contributed by atoms with Gasteiger partial charge in [0.2, 0.25) is 5.91 Å². The third-order valence-electron chi connectivity index (χ3n) is 3.66. The van der Waals surface area contributed by atoms with Crippen LogP contribution in [0.25, 0.3) is 0 Å². The van der Waals surface area contributed by atoms with E-state index < -0.39 is 17.3 Å². The Morgan fingerprint density at radius 2 is 2.10 bits per heavy atom. The molecule has 1 rings (SSSR count). The minimum atomic E-state index is -1.15. The zero-order valence-electron chi connectivity index (χ0n) is 12.1. The average Bonchev–Trinajstić information content (AvgIpc) is 2.40. The number of carbonyl (C=O) groups excluding carboxylic acids is 1. The van der Waals surface area contributed by atoms with Crippen molar-refractivity contribution in [2.24, 2.45) is 11.3 Å². The zero-order valence-corrected chi connectivity index (χ0v) is 12.9. The Hall–Kier alpha value is -2.06. The van der Waals surface area contributed by atoms with Gasteiger partial charge in [0.1, 0.15) is 0 Å². The van der Waals surface area contributed by atoms with E-state index in [1.54, 1.807) is 20.8 Å². The van der Waals surface area contributed by atoms with Gasteiger partial charge in [-0.05, 0) is 31.0 Å². The maximum absolute atomic E-state index is 12.0. The van der Waals surface area contributed by atoms with Crippen molar-refractivity contribution in [1.82, 2.24) is 0 Å². The fraction of sp³-hybridized carbons (Fsp3) is 0.400. The Balaban J connectivity index is 2.87. The molecular weight excluding hydrogens is 292 g/mol. The first-order chi connectivity index (χ1) is 9.70. The predicted molar refractivity (Wildman–Crippen MR) is 80.0 cm³/mol. The number of carboxylic acids is 1. The second-order valence-corrected chi connectivity index (χ2v) is 5.82. The minimum Gasteiger partial charge on any atom is -0.481 e. The Morgan fingerprint density at radius 3 is 2.52 bits per heavy atom. The van der Waals surface area contributed by atoms with Gasteiger partial charge in [-0.25, -0.2) is 0 Å². The molecular formula is C15H17ClN2O3. The van der Waals surface area contributed by atoms with Crippen LogP contribution in [0.3, 0.4) is 0 Å². The van der Waals surface area contributed by atoms with Gasteiger partial charge < -0.3 is 10.4 Å². The van der Waals surface area contributed by atoms with E-state index in [9.17, 15) is 14.7 Å². The summed E-state index contributed by atoms with van der Waals surface area (Å²) < 4.78 is 0. The van der Waals surface area contributed by atoms with Crippen LogP contribution < -0.4 is 5.32 Å². The smallest absolute Gasteiger partial charge is 0.310 e. The monoisotopic (exact) mass is 308 g/mol. The molecule has 112 valence electrons. The number of rotatable bonds is 5. The third-order valence-corrected chi connectivity index (χ3v) is 3.98. The lowest BCUT2D eigenvalue weighted by Gasteiger charge is -2.28. The van der Waals surface area contributed by atoms with Gasteiger partial charge >= 0.3 is 5.97 Å². The lowest BCUT2D eigenvalue weighted by Crippen LogP contribution is -2.37. The normalized spacial score (nSPS) is 13.3. The van der Waals surface area contributed by atoms with Gasteiger partial charge in [-0.1, -0.05) is 25.4 Å². The van der Waals surface area contributed by atoms with Crippen molar-refractivity contribution >= 4 is 29.2 Å². The second-order valence-electron chi connectivity index (χ2n) is 5.41. The number of carbonyl (C=O) groups is 2. The molecule has 0 aliphatic heterocycles. The van der Waals surface area contributed by atoms with Crippen molar-refractivity contribution in [3.05, 3.63) is 28.8 Å². The van der Waals surface area contributed by atoms with Gasteiger partial charge in [-0.2, -0.15) is 5.26 Å².